The molecule has 0 bridgehead atoms. The monoisotopic (exact) mass is 304 g/mol. The Morgan fingerprint density at radius 2 is 1.68 bits per heavy atom. The molecule has 0 amide bonds. The Labute approximate surface area is 120 Å². The normalized spacial score (nSPS) is 13.6. The molecule has 0 spiro atoms. The Bertz CT molecular complexity index is 503. The van der Waals surface area contributed by atoms with Gasteiger partial charge in [-0.3, -0.25) is 0 Å². The fraction of sp³-hybridized carbons (Fsp3) is 0.571. The van der Waals surface area contributed by atoms with Crippen LogP contribution in [0.1, 0.15) is 25.0 Å². The zero-order chi connectivity index (χ0) is 14.6. The number of ether oxygens (including phenoxy) is 1. The van der Waals surface area contributed by atoms with Gasteiger partial charge in [-0.15, -0.1) is 0 Å². The lowest BCUT2D eigenvalue weighted by Crippen LogP contribution is -2.24. The van der Waals surface area contributed by atoms with E-state index in [9.17, 15) is 8.42 Å². The molecule has 108 valence electrons. The minimum Gasteiger partial charge on any atom is -0.493 e. The van der Waals surface area contributed by atoms with E-state index in [0.717, 1.165) is 16.9 Å². The summed E-state index contributed by atoms with van der Waals surface area (Å²) in [6.07, 6.45) is 0. The minimum absolute atomic E-state index is 0.0585. The summed E-state index contributed by atoms with van der Waals surface area (Å²) in [7, 11) is 1.82. The molecular weight excluding hydrogens is 284 g/mol. The van der Waals surface area contributed by atoms with E-state index in [1.807, 2.05) is 39.8 Å². The highest BCUT2D eigenvalue weighted by Crippen LogP contribution is 2.20. The number of halogens is 1. The van der Waals surface area contributed by atoms with Crippen molar-refractivity contribution in [3.05, 3.63) is 29.3 Å². The predicted octanol–water partition coefficient (Wildman–Crippen LogP) is 3.52. The Kier molecular flexibility index (Phi) is 5.68. The second-order valence-corrected chi connectivity index (χ2v) is 8.17. The van der Waals surface area contributed by atoms with Crippen molar-refractivity contribution in [2.45, 2.75) is 27.7 Å². The van der Waals surface area contributed by atoms with E-state index in [1.54, 1.807) is 0 Å². The molecule has 1 aromatic carbocycles. The highest BCUT2D eigenvalue weighted by Gasteiger charge is 2.21. The van der Waals surface area contributed by atoms with Crippen LogP contribution in [-0.2, 0) is 9.05 Å². The smallest absolute Gasteiger partial charge is 0.233 e. The van der Waals surface area contributed by atoms with Gasteiger partial charge in [-0.2, -0.15) is 0 Å². The van der Waals surface area contributed by atoms with Gasteiger partial charge in [-0.05, 0) is 43.0 Å². The molecule has 0 aliphatic rings. The van der Waals surface area contributed by atoms with Crippen molar-refractivity contribution < 1.29 is 13.2 Å². The van der Waals surface area contributed by atoms with Crippen LogP contribution in [0, 0.1) is 25.7 Å². The van der Waals surface area contributed by atoms with Gasteiger partial charge in [-0.1, -0.05) is 19.9 Å². The van der Waals surface area contributed by atoms with E-state index in [0.29, 0.717) is 6.61 Å². The molecule has 1 aromatic rings. The first-order valence-electron chi connectivity index (χ1n) is 6.31. The van der Waals surface area contributed by atoms with Crippen LogP contribution < -0.4 is 4.74 Å². The summed E-state index contributed by atoms with van der Waals surface area (Å²) in [5.74, 6) is 0.801. The Hall–Kier alpha value is -0.740. The molecule has 1 atom stereocenters. The van der Waals surface area contributed by atoms with Crippen LogP contribution in [0.5, 0.6) is 5.75 Å². The van der Waals surface area contributed by atoms with Crippen molar-refractivity contribution in [3.8, 4) is 5.75 Å². The third-order valence-corrected chi connectivity index (χ3v) is 4.22. The molecule has 0 aliphatic carbocycles. The van der Waals surface area contributed by atoms with Crippen molar-refractivity contribution in [2.75, 3.05) is 12.4 Å². The van der Waals surface area contributed by atoms with E-state index in [1.165, 1.54) is 0 Å². The topological polar surface area (TPSA) is 43.4 Å². The van der Waals surface area contributed by atoms with Crippen LogP contribution in [-0.4, -0.2) is 20.8 Å². The number of hydrogen-bond acceptors (Lipinski definition) is 3. The van der Waals surface area contributed by atoms with Crippen molar-refractivity contribution in [1.29, 1.82) is 0 Å². The summed E-state index contributed by atoms with van der Waals surface area (Å²) < 4.78 is 28.1. The first kappa shape index (κ1) is 16.3. The lowest BCUT2D eigenvalue weighted by Gasteiger charge is -2.20. The van der Waals surface area contributed by atoms with Crippen LogP contribution in [0.4, 0.5) is 0 Å². The van der Waals surface area contributed by atoms with Gasteiger partial charge >= 0.3 is 0 Å². The summed E-state index contributed by atoms with van der Waals surface area (Å²) in [5, 5.41) is 0. The molecule has 0 radical (unpaired) electrons. The van der Waals surface area contributed by atoms with Crippen LogP contribution in [0.3, 0.4) is 0 Å². The second-order valence-electron chi connectivity index (χ2n) is 5.34. The highest BCUT2D eigenvalue weighted by molar-refractivity contribution is 8.13. The van der Waals surface area contributed by atoms with Gasteiger partial charge in [0.15, 0.2) is 0 Å². The lowest BCUT2D eigenvalue weighted by atomic mass is 9.99. The summed E-state index contributed by atoms with van der Waals surface area (Å²) in [6.45, 7) is 8.30. The number of aryl methyl sites for hydroxylation is 2. The Morgan fingerprint density at radius 3 is 2.11 bits per heavy atom. The number of benzene rings is 1. The van der Waals surface area contributed by atoms with Gasteiger partial charge in [0.2, 0.25) is 9.05 Å². The fourth-order valence-electron chi connectivity index (χ4n) is 1.91. The molecule has 1 rings (SSSR count). The van der Waals surface area contributed by atoms with Gasteiger partial charge in [0.1, 0.15) is 5.75 Å². The predicted molar refractivity (Wildman–Crippen MR) is 79.4 cm³/mol. The van der Waals surface area contributed by atoms with Crippen molar-refractivity contribution in [2.24, 2.45) is 11.8 Å². The zero-order valence-corrected chi connectivity index (χ0v) is 13.4. The van der Waals surface area contributed by atoms with Gasteiger partial charge in [0.05, 0.1) is 12.4 Å². The molecule has 0 heterocycles. The van der Waals surface area contributed by atoms with E-state index in [2.05, 4.69) is 6.07 Å². The first-order chi connectivity index (χ1) is 8.67. The van der Waals surface area contributed by atoms with E-state index >= 15 is 0 Å². The van der Waals surface area contributed by atoms with Gasteiger partial charge in [0.25, 0.3) is 0 Å². The molecule has 1 unspecified atom stereocenters. The average Bonchev–Trinajstić information content (AvgIpc) is 2.20. The molecule has 0 N–H and O–H groups in total. The molecule has 19 heavy (non-hydrogen) atoms. The molecule has 0 aromatic heterocycles. The molecule has 0 saturated heterocycles. The lowest BCUT2D eigenvalue weighted by molar-refractivity contribution is 0.225. The van der Waals surface area contributed by atoms with Crippen molar-refractivity contribution >= 4 is 19.7 Å². The van der Waals surface area contributed by atoms with Crippen LogP contribution in [0.15, 0.2) is 18.2 Å². The zero-order valence-electron chi connectivity index (χ0n) is 11.8. The van der Waals surface area contributed by atoms with Crippen LogP contribution >= 0.6 is 10.7 Å². The number of rotatable bonds is 6. The van der Waals surface area contributed by atoms with Crippen molar-refractivity contribution in [3.63, 3.8) is 0 Å². The SMILES string of the molecule is Cc1cc(C)cc(OCC(CS(=O)(=O)Cl)C(C)C)c1. The van der Waals surface area contributed by atoms with Crippen LogP contribution in [0.25, 0.3) is 0 Å². The van der Waals surface area contributed by atoms with E-state index < -0.39 is 9.05 Å². The second kappa shape index (κ2) is 6.62. The first-order valence-corrected chi connectivity index (χ1v) is 8.78. The molecule has 0 fully saturated rings. The van der Waals surface area contributed by atoms with Gasteiger partial charge < -0.3 is 4.74 Å². The summed E-state index contributed by atoms with van der Waals surface area (Å²) in [4.78, 5) is 0. The molecular formula is C14H21ClO3S. The van der Waals surface area contributed by atoms with E-state index in [4.69, 9.17) is 15.4 Å². The Morgan fingerprint density at radius 1 is 1.16 bits per heavy atom. The average molecular weight is 305 g/mol. The molecule has 5 heteroatoms. The summed E-state index contributed by atoms with van der Waals surface area (Å²) in [5.41, 5.74) is 2.25. The Balaban J connectivity index is 2.71. The highest BCUT2D eigenvalue weighted by atomic mass is 35.7. The summed E-state index contributed by atoms with van der Waals surface area (Å²) in [6, 6.07) is 5.95. The van der Waals surface area contributed by atoms with Crippen LogP contribution in [0.2, 0.25) is 0 Å². The standard InChI is InChI=1S/C14H21ClO3S/c1-10(2)13(9-19(15,16)17)8-18-14-6-11(3)5-12(4)7-14/h5-7,10,13H,8-9H2,1-4H3. The fourth-order valence-corrected chi connectivity index (χ4v) is 3.39. The number of hydrogen-bond donors (Lipinski definition) is 0. The molecule has 0 aliphatic heterocycles. The maximum absolute atomic E-state index is 11.2. The minimum atomic E-state index is -3.50. The third-order valence-electron chi connectivity index (χ3n) is 3.02. The molecule has 3 nitrogen and oxygen atoms in total. The third kappa shape index (κ3) is 6.30. The molecule has 0 saturated carbocycles. The maximum Gasteiger partial charge on any atom is 0.233 e. The van der Waals surface area contributed by atoms with Crippen molar-refractivity contribution in [1.82, 2.24) is 0 Å². The van der Waals surface area contributed by atoms with Gasteiger partial charge in [-0.25, -0.2) is 8.42 Å². The van der Waals surface area contributed by atoms with Gasteiger partial charge in [0, 0.05) is 16.6 Å². The largest absolute Gasteiger partial charge is 0.493 e. The maximum atomic E-state index is 11.2. The van der Waals surface area contributed by atoms with E-state index in [-0.39, 0.29) is 17.6 Å². The quantitative estimate of drug-likeness (QED) is 0.755. The summed E-state index contributed by atoms with van der Waals surface area (Å²) >= 11 is 0.